The monoisotopic (exact) mass is 815 g/mol. The minimum absolute atomic E-state index is 0.0361. The lowest BCUT2D eigenvalue weighted by molar-refractivity contribution is 0.656. The lowest BCUT2D eigenvalue weighted by atomic mass is 9.82. The Morgan fingerprint density at radius 2 is 1.02 bits per heavy atom. The van der Waals surface area contributed by atoms with Crippen LogP contribution in [0.4, 0.5) is 17.1 Å². The molecule has 0 radical (unpaired) electrons. The van der Waals surface area contributed by atoms with Crippen molar-refractivity contribution in [3.05, 3.63) is 228 Å². The van der Waals surface area contributed by atoms with Crippen LogP contribution >= 0.6 is 0 Å². The number of amidine groups is 1. The highest BCUT2D eigenvalue weighted by molar-refractivity contribution is 6.26. The van der Waals surface area contributed by atoms with Gasteiger partial charge in [0.05, 0.1) is 17.6 Å². The number of allylic oxidation sites excluding steroid dienone is 2. The van der Waals surface area contributed by atoms with Crippen molar-refractivity contribution in [2.45, 2.75) is 18.1 Å². The third-order valence-corrected chi connectivity index (χ3v) is 14.4. The molecule has 0 fully saturated rings. The van der Waals surface area contributed by atoms with E-state index in [4.69, 9.17) is 9.98 Å². The minimum atomic E-state index is -0.411. The molecule has 3 aliphatic heterocycles. The fourth-order valence-electron chi connectivity index (χ4n) is 11.8. The third kappa shape index (κ3) is 4.67. The standard InChI is InChI=1S/C59H37N5/c1-2-14-44(15-3-1)63-49-19-7-5-17-47(49)55-50(63)29-28-46-45-16-4-6-18-48(45)64(56(46)55)59-61-57(42-30-38-24-20-34-10-8-11-35-21-25-39(31-42)53(38)51(34)35)60-58(62-59)43-32-40-26-22-36-12-9-13-37-23-27-41(33-43)54(40)52(36)37/h1-33,55-57H,(H,60,61,62). The molecule has 64 heavy (non-hydrogen) atoms. The van der Waals surface area contributed by atoms with Crippen LogP contribution in [0.2, 0.25) is 0 Å². The average molecular weight is 816 g/mol. The van der Waals surface area contributed by atoms with Gasteiger partial charge in [0.15, 0.2) is 0 Å². The second-order valence-corrected chi connectivity index (χ2v) is 17.7. The van der Waals surface area contributed by atoms with Crippen molar-refractivity contribution < 1.29 is 0 Å². The van der Waals surface area contributed by atoms with Gasteiger partial charge in [0.25, 0.3) is 0 Å². The van der Waals surface area contributed by atoms with E-state index in [1.54, 1.807) is 0 Å². The Morgan fingerprint density at radius 3 is 1.67 bits per heavy atom. The van der Waals surface area contributed by atoms with Crippen LogP contribution in [0.15, 0.2) is 216 Å². The van der Waals surface area contributed by atoms with E-state index in [0.29, 0.717) is 5.96 Å². The van der Waals surface area contributed by atoms with E-state index < -0.39 is 6.17 Å². The number of nitrogens with one attached hydrogen (secondary N) is 1. The molecule has 3 unspecified atom stereocenters. The number of guanidine groups is 1. The predicted molar refractivity (Wildman–Crippen MR) is 267 cm³/mol. The Bertz CT molecular complexity index is 3790. The molecule has 3 atom stereocenters. The number of hydrogen-bond acceptors (Lipinski definition) is 5. The first kappa shape index (κ1) is 34.3. The van der Waals surface area contributed by atoms with Crippen LogP contribution in [0.1, 0.15) is 34.3 Å². The number of aliphatic imine (C=N–C) groups is 2. The quantitative estimate of drug-likeness (QED) is 0.181. The normalized spacial score (nSPS) is 18.9. The van der Waals surface area contributed by atoms with Crippen molar-refractivity contribution in [3.8, 4) is 0 Å². The van der Waals surface area contributed by atoms with E-state index in [2.05, 4.69) is 215 Å². The van der Waals surface area contributed by atoms with Crippen molar-refractivity contribution in [3.63, 3.8) is 0 Å². The highest BCUT2D eigenvalue weighted by Gasteiger charge is 2.50. The maximum atomic E-state index is 5.71. The van der Waals surface area contributed by atoms with Crippen LogP contribution in [0, 0.1) is 0 Å². The summed E-state index contributed by atoms with van der Waals surface area (Å²) in [6.45, 7) is 0. The summed E-state index contributed by atoms with van der Waals surface area (Å²) in [5.41, 5.74) is 10.7. The van der Waals surface area contributed by atoms with Crippen molar-refractivity contribution in [1.29, 1.82) is 0 Å². The summed E-state index contributed by atoms with van der Waals surface area (Å²) in [4.78, 5) is 16.3. The Kier molecular flexibility index (Phi) is 6.79. The Hall–Kier alpha value is -8.28. The van der Waals surface area contributed by atoms with E-state index in [0.717, 1.165) is 28.3 Å². The van der Waals surface area contributed by atoms with Crippen LogP contribution in [0.3, 0.4) is 0 Å². The van der Waals surface area contributed by atoms with E-state index in [-0.39, 0.29) is 12.0 Å². The van der Waals surface area contributed by atoms with Crippen molar-refractivity contribution >= 4 is 99.1 Å². The van der Waals surface area contributed by atoms with Crippen molar-refractivity contribution in [1.82, 2.24) is 5.32 Å². The number of anilines is 3. The first-order valence-corrected chi connectivity index (χ1v) is 22.2. The highest BCUT2D eigenvalue weighted by Crippen LogP contribution is 2.58. The third-order valence-electron chi connectivity index (χ3n) is 14.4. The van der Waals surface area contributed by atoms with Gasteiger partial charge in [-0.15, -0.1) is 0 Å². The van der Waals surface area contributed by atoms with Gasteiger partial charge in [-0.3, -0.25) is 0 Å². The van der Waals surface area contributed by atoms with Crippen LogP contribution in [-0.2, 0) is 0 Å². The molecule has 298 valence electrons. The maximum absolute atomic E-state index is 5.71. The maximum Gasteiger partial charge on any atom is 0.230 e. The molecule has 4 aliphatic rings. The van der Waals surface area contributed by atoms with Crippen LogP contribution < -0.4 is 15.1 Å². The van der Waals surface area contributed by atoms with Gasteiger partial charge in [0.1, 0.15) is 12.0 Å². The van der Waals surface area contributed by atoms with Gasteiger partial charge in [0, 0.05) is 28.2 Å². The number of para-hydroxylation sites is 3. The summed E-state index contributed by atoms with van der Waals surface area (Å²) in [5, 5.41) is 19.0. The average Bonchev–Trinajstić information content (AvgIpc) is 3.88. The lowest BCUT2D eigenvalue weighted by Crippen LogP contribution is -2.45. The topological polar surface area (TPSA) is 43.2 Å². The first-order chi connectivity index (χ1) is 31.7. The zero-order valence-corrected chi connectivity index (χ0v) is 34.6. The fraction of sp³-hybridized carbons (Fsp3) is 0.0508. The number of benzene rings is 11. The summed E-state index contributed by atoms with van der Waals surface area (Å²) in [5.74, 6) is 1.55. The number of rotatable bonds is 3. The SMILES string of the molecule is C1=C2c3ccccc3N(C3=NC(c4cc5ccc6cccc7ccc(c4)c5c67)NC(c4cc5ccc6cccc7ccc(c4)c5c67)=N3)C2C2C(=C1)N(c1ccccc1)c1ccccc12. The fourth-order valence-corrected chi connectivity index (χ4v) is 11.8. The molecular weight excluding hydrogens is 779 g/mol. The van der Waals surface area contributed by atoms with Crippen molar-refractivity contribution in [2.75, 3.05) is 9.80 Å². The molecule has 0 spiro atoms. The molecule has 11 aromatic carbocycles. The summed E-state index contributed by atoms with van der Waals surface area (Å²) >= 11 is 0. The van der Waals surface area contributed by atoms with E-state index in [9.17, 15) is 0 Å². The summed E-state index contributed by atoms with van der Waals surface area (Å²) in [7, 11) is 0. The highest BCUT2D eigenvalue weighted by atomic mass is 15.4. The van der Waals surface area contributed by atoms with Gasteiger partial charge in [-0.25, -0.2) is 4.99 Å². The van der Waals surface area contributed by atoms with Crippen LogP contribution in [0.25, 0.3) is 70.2 Å². The molecule has 5 heteroatoms. The van der Waals surface area contributed by atoms with Crippen LogP contribution in [0.5, 0.6) is 0 Å². The summed E-state index contributed by atoms with van der Waals surface area (Å²) in [6.07, 6.45) is 4.28. The Balaban J connectivity index is 0.950. The van der Waals surface area contributed by atoms with Gasteiger partial charge < -0.3 is 15.1 Å². The second kappa shape index (κ2) is 12.7. The van der Waals surface area contributed by atoms with E-state index in [1.165, 1.54) is 92.7 Å². The Labute approximate surface area is 368 Å². The molecule has 0 bridgehead atoms. The molecule has 1 N–H and O–H groups in total. The zero-order chi connectivity index (χ0) is 41.6. The molecule has 0 amide bonds. The molecule has 3 heterocycles. The molecule has 5 nitrogen and oxygen atoms in total. The molecule has 15 rings (SSSR count). The molecular formula is C59H37N5. The van der Waals surface area contributed by atoms with Gasteiger partial charge in [0.2, 0.25) is 5.96 Å². The summed E-state index contributed by atoms with van der Waals surface area (Å²) in [6, 6.07) is 69.0. The summed E-state index contributed by atoms with van der Waals surface area (Å²) < 4.78 is 0. The molecule has 0 aromatic heterocycles. The largest absolute Gasteiger partial charge is 0.344 e. The smallest absolute Gasteiger partial charge is 0.230 e. The second-order valence-electron chi connectivity index (χ2n) is 17.7. The van der Waals surface area contributed by atoms with Gasteiger partial charge in [-0.1, -0.05) is 146 Å². The van der Waals surface area contributed by atoms with E-state index in [1.807, 2.05) is 0 Å². The zero-order valence-electron chi connectivity index (χ0n) is 34.6. The van der Waals surface area contributed by atoms with E-state index >= 15 is 0 Å². The Morgan fingerprint density at radius 1 is 0.469 bits per heavy atom. The lowest BCUT2D eigenvalue weighted by Gasteiger charge is -2.37. The number of fused-ring (bicyclic) bond motifs is 7. The number of nitrogens with zero attached hydrogens (tertiary/aromatic N) is 4. The molecule has 1 aliphatic carbocycles. The van der Waals surface area contributed by atoms with Gasteiger partial charge in [-0.2, -0.15) is 4.99 Å². The van der Waals surface area contributed by atoms with Crippen LogP contribution in [-0.4, -0.2) is 17.8 Å². The molecule has 0 saturated heterocycles. The first-order valence-electron chi connectivity index (χ1n) is 22.2. The predicted octanol–water partition coefficient (Wildman–Crippen LogP) is 14.0. The van der Waals surface area contributed by atoms with Crippen molar-refractivity contribution in [2.24, 2.45) is 9.98 Å². The van der Waals surface area contributed by atoms with Gasteiger partial charge in [-0.05, 0) is 136 Å². The number of hydrogen-bond donors (Lipinski definition) is 1. The van der Waals surface area contributed by atoms with Gasteiger partial charge >= 0.3 is 0 Å². The molecule has 0 saturated carbocycles. The molecule has 11 aromatic rings. The minimum Gasteiger partial charge on any atom is -0.344 e.